The molecule has 0 unspecified atom stereocenters. The first kappa shape index (κ1) is 12.6. The highest BCUT2D eigenvalue weighted by Gasteiger charge is 2.02. The van der Waals surface area contributed by atoms with E-state index in [1.165, 1.54) is 0 Å². The van der Waals surface area contributed by atoms with Gasteiger partial charge in [-0.25, -0.2) is 9.97 Å². The van der Waals surface area contributed by atoms with Crippen molar-refractivity contribution < 1.29 is 4.74 Å². The minimum Gasteiger partial charge on any atom is -0.399 e. The van der Waals surface area contributed by atoms with E-state index >= 15 is 0 Å². The fourth-order valence-electron chi connectivity index (χ4n) is 1.74. The lowest BCUT2D eigenvalue weighted by Gasteiger charge is -2.08. The maximum Gasteiger partial charge on any atom is 0.137 e. The number of nitrogens with zero attached hydrogens (tertiary/aromatic N) is 2. The van der Waals surface area contributed by atoms with Gasteiger partial charge in [0.15, 0.2) is 0 Å². The summed E-state index contributed by atoms with van der Waals surface area (Å²) >= 11 is 0. The fourth-order valence-corrected chi connectivity index (χ4v) is 1.74. The number of aromatic nitrogens is 2. The van der Waals surface area contributed by atoms with Gasteiger partial charge < -0.3 is 15.8 Å². The van der Waals surface area contributed by atoms with Gasteiger partial charge in [0.1, 0.15) is 12.1 Å². The van der Waals surface area contributed by atoms with Gasteiger partial charge in [-0.3, -0.25) is 0 Å². The van der Waals surface area contributed by atoms with Crippen molar-refractivity contribution in [2.75, 3.05) is 30.8 Å². The molecule has 1 aromatic heterocycles. The van der Waals surface area contributed by atoms with Crippen LogP contribution in [0.5, 0.6) is 0 Å². The Hall–Kier alpha value is -1.88. The highest BCUT2D eigenvalue weighted by molar-refractivity contribution is 5.90. The van der Waals surface area contributed by atoms with Crippen LogP contribution in [-0.2, 0) is 4.74 Å². The number of fused-ring (bicyclic) bond motifs is 1. The van der Waals surface area contributed by atoms with Gasteiger partial charge in [0, 0.05) is 30.8 Å². The second-order valence-corrected chi connectivity index (χ2v) is 3.98. The number of nitrogen functional groups attached to an aromatic ring is 1. The predicted molar refractivity (Wildman–Crippen MR) is 73.6 cm³/mol. The van der Waals surface area contributed by atoms with E-state index in [1.807, 2.05) is 25.1 Å². The van der Waals surface area contributed by atoms with Gasteiger partial charge in [-0.05, 0) is 31.5 Å². The normalized spacial score (nSPS) is 10.7. The Kier molecular flexibility index (Phi) is 4.30. The number of nitrogens with two attached hydrogens (primary N) is 1. The minimum atomic E-state index is 0.712. The summed E-state index contributed by atoms with van der Waals surface area (Å²) in [5, 5.41) is 4.28. The summed E-state index contributed by atoms with van der Waals surface area (Å²) < 4.78 is 5.29. The van der Waals surface area contributed by atoms with Crippen molar-refractivity contribution in [3.05, 3.63) is 24.5 Å². The van der Waals surface area contributed by atoms with Crippen LogP contribution in [-0.4, -0.2) is 29.7 Å². The van der Waals surface area contributed by atoms with Crippen molar-refractivity contribution in [1.29, 1.82) is 0 Å². The molecule has 96 valence electrons. The average Bonchev–Trinajstić information content (AvgIpc) is 2.38. The molecule has 2 rings (SSSR count). The largest absolute Gasteiger partial charge is 0.399 e. The zero-order chi connectivity index (χ0) is 12.8. The Balaban J connectivity index is 2.04. The summed E-state index contributed by atoms with van der Waals surface area (Å²) in [4.78, 5) is 8.46. The molecule has 0 saturated heterocycles. The van der Waals surface area contributed by atoms with Crippen molar-refractivity contribution in [1.82, 2.24) is 9.97 Å². The molecular formula is C13H18N4O. The van der Waals surface area contributed by atoms with E-state index in [-0.39, 0.29) is 0 Å². The molecule has 3 N–H and O–H groups in total. The molecule has 0 bridgehead atoms. The molecule has 0 aliphatic carbocycles. The van der Waals surface area contributed by atoms with Crippen molar-refractivity contribution in [2.45, 2.75) is 13.3 Å². The third-order valence-corrected chi connectivity index (χ3v) is 2.62. The van der Waals surface area contributed by atoms with E-state index in [1.54, 1.807) is 6.33 Å². The highest BCUT2D eigenvalue weighted by Crippen LogP contribution is 2.20. The van der Waals surface area contributed by atoms with Crippen molar-refractivity contribution in [2.24, 2.45) is 0 Å². The van der Waals surface area contributed by atoms with Gasteiger partial charge in [-0.15, -0.1) is 0 Å². The molecule has 2 aromatic rings. The number of benzene rings is 1. The highest BCUT2D eigenvalue weighted by atomic mass is 16.5. The standard InChI is InChI=1S/C13H18N4O/c1-2-18-7-3-6-15-13-11-5-4-10(14)8-12(11)16-9-17-13/h4-5,8-9H,2-3,6-7,14H2,1H3,(H,15,16,17). The van der Waals surface area contributed by atoms with Crippen LogP contribution in [0.4, 0.5) is 11.5 Å². The Morgan fingerprint density at radius 2 is 2.22 bits per heavy atom. The maximum absolute atomic E-state index is 5.73. The number of anilines is 2. The fraction of sp³-hybridized carbons (Fsp3) is 0.385. The number of hydrogen-bond donors (Lipinski definition) is 2. The van der Waals surface area contributed by atoms with E-state index in [0.717, 1.165) is 42.9 Å². The van der Waals surface area contributed by atoms with Crippen molar-refractivity contribution >= 4 is 22.4 Å². The first-order valence-electron chi connectivity index (χ1n) is 6.13. The molecule has 1 heterocycles. The first-order valence-corrected chi connectivity index (χ1v) is 6.13. The van der Waals surface area contributed by atoms with Crippen molar-refractivity contribution in [3.63, 3.8) is 0 Å². The van der Waals surface area contributed by atoms with E-state index in [4.69, 9.17) is 10.5 Å². The lowest BCUT2D eigenvalue weighted by molar-refractivity contribution is 0.147. The molecular weight excluding hydrogens is 228 g/mol. The van der Waals surface area contributed by atoms with Gasteiger partial charge in [-0.2, -0.15) is 0 Å². The second-order valence-electron chi connectivity index (χ2n) is 3.98. The van der Waals surface area contributed by atoms with Crippen LogP contribution in [0.25, 0.3) is 10.9 Å². The van der Waals surface area contributed by atoms with E-state index in [0.29, 0.717) is 5.69 Å². The van der Waals surface area contributed by atoms with Gasteiger partial charge in [0.25, 0.3) is 0 Å². The molecule has 5 nitrogen and oxygen atoms in total. The number of hydrogen-bond acceptors (Lipinski definition) is 5. The topological polar surface area (TPSA) is 73.1 Å². The zero-order valence-electron chi connectivity index (χ0n) is 10.5. The Bertz CT molecular complexity index is 515. The van der Waals surface area contributed by atoms with Crippen LogP contribution in [0.3, 0.4) is 0 Å². The molecule has 0 aliphatic heterocycles. The lowest BCUT2D eigenvalue weighted by Crippen LogP contribution is -2.07. The molecule has 0 radical (unpaired) electrons. The van der Waals surface area contributed by atoms with Crippen LogP contribution in [0.15, 0.2) is 24.5 Å². The number of ether oxygens (including phenoxy) is 1. The summed E-state index contributed by atoms with van der Waals surface area (Å²) in [5.74, 6) is 0.844. The third-order valence-electron chi connectivity index (χ3n) is 2.62. The lowest BCUT2D eigenvalue weighted by atomic mass is 10.2. The SMILES string of the molecule is CCOCCCNc1ncnc2cc(N)ccc12. The van der Waals surface area contributed by atoms with E-state index in [2.05, 4.69) is 15.3 Å². The first-order chi connectivity index (χ1) is 8.81. The van der Waals surface area contributed by atoms with Gasteiger partial charge >= 0.3 is 0 Å². The van der Waals surface area contributed by atoms with Crippen LogP contribution in [0.2, 0.25) is 0 Å². The van der Waals surface area contributed by atoms with E-state index in [9.17, 15) is 0 Å². The Morgan fingerprint density at radius 1 is 1.33 bits per heavy atom. The molecule has 0 amide bonds. The molecule has 1 aromatic carbocycles. The average molecular weight is 246 g/mol. The van der Waals surface area contributed by atoms with Crippen LogP contribution in [0, 0.1) is 0 Å². The van der Waals surface area contributed by atoms with Gasteiger partial charge in [0.2, 0.25) is 0 Å². The van der Waals surface area contributed by atoms with Crippen LogP contribution >= 0.6 is 0 Å². The Morgan fingerprint density at radius 3 is 3.06 bits per heavy atom. The van der Waals surface area contributed by atoms with Crippen molar-refractivity contribution in [3.8, 4) is 0 Å². The summed E-state index contributed by atoms with van der Waals surface area (Å²) in [6.45, 7) is 4.35. The molecule has 0 atom stereocenters. The van der Waals surface area contributed by atoms with Gasteiger partial charge in [0.05, 0.1) is 5.52 Å². The third kappa shape index (κ3) is 3.07. The van der Waals surface area contributed by atoms with Crippen LogP contribution < -0.4 is 11.1 Å². The summed E-state index contributed by atoms with van der Waals surface area (Å²) in [6.07, 6.45) is 2.50. The van der Waals surface area contributed by atoms with Gasteiger partial charge in [-0.1, -0.05) is 0 Å². The van der Waals surface area contributed by atoms with Crippen LogP contribution in [0.1, 0.15) is 13.3 Å². The summed E-state index contributed by atoms with van der Waals surface area (Å²) in [6, 6.07) is 5.65. The predicted octanol–water partition coefficient (Wildman–Crippen LogP) is 2.05. The molecule has 0 fully saturated rings. The van der Waals surface area contributed by atoms with E-state index < -0.39 is 0 Å². The molecule has 0 saturated carbocycles. The molecule has 0 spiro atoms. The Labute approximate surface area is 106 Å². The molecule has 18 heavy (non-hydrogen) atoms. The molecule has 5 heteroatoms. The summed E-state index contributed by atoms with van der Waals surface area (Å²) in [7, 11) is 0. The molecule has 0 aliphatic rings. The summed E-state index contributed by atoms with van der Waals surface area (Å²) in [5.41, 5.74) is 7.30. The minimum absolute atomic E-state index is 0.712. The monoisotopic (exact) mass is 246 g/mol. The smallest absolute Gasteiger partial charge is 0.137 e. The second kappa shape index (κ2) is 6.16. The quantitative estimate of drug-likeness (QED) is 0.603. The number of nitrogens with one attached hydrogen (secondary N) is 1. The number of rotatable bonds is 6. The zero-order valence-corrected chi connectivity index (χ0v) is 10.5. The maximum atomic E-state index is 5.73.